The zero-order valence-corrected chi connectivity index (χ0v) is 16.8. The summed E-state index contributed by atoms with van der Waals surface area (Å²) in [5.41, 5.74) is 2.37. The Morgan fingerprint density at radius 3 is 1.76 bits per heavy atom. The number of rotatable bonds is 10. The van der Waals surface area contributed by atoms with Crippen LogP contribution < -0.4 is 0 Å². The summed E-state index contributed by atoms with van der Waals surface area (Å²) in [6.07, 6.45) is 0. The number of quaternary nitrogens is 2. The quantitative estimate of drug-likeness (QED) is 0.281. The molecule has 0 heterocycles. The molecule has 0 aliphatic heterocycles. The van der Waals surface area contributed by atoms with E-state index in [2.05, 4.69) is 52.6 Å². The summed E-state index contributed by atoms with van der Waals surface area (Å²) < 4.78 is 1.67. The molecule has 0 saturated heterocycles. The minimum atomic E-state index is 0.551. The largest absolute Gasteiger partial charge is 0.389 e. The Balaban J connectivity index is 2.77. The van der Waals surface area contributed by atoms with Crippen LogP contribution in [0.2, 0.25) is 0 Å². The minimum absolute atomic E-state index is 0.551. The van der Waals surface area contributed by atoms with Crippen LogP contribution >= 0.6 is 0 Å². The van der Waals surface area contributed by atoms with E-state index in [9.17, 15) is 0 Å². The number of benzene rings is 1. The van der Waals surface area contributed by atoms with E-state index in [1.54, 1.807) is 0 Å². The lowest BCUT2D eigenvalue weighted by Crippen LogP contribution is -2.37. The predicted octanol–water partition coefficient (Wildman–Crippen LogP) is 2.21. The fraction of sp³-hybridized carbons (Fsp3) is 0.579. The molecule has 0 amide bonds. The Morgan fingerprint density at radius 2 is 1.28 bits per heavy atom. The van der Waals surface area contributed by atoms with Gasteiger partial charge in [0.25, 0.3) is 0 Å². The smallest absolute Gasteiger partial charge is 0.165 e. The summed E-state index contributed by atoms with van der Waals surface area (Å²) in [5.74, 6) is 0. The zero-order chi connectivity index (χ0) is 18.9. The van der Waals surface area contributed by atoms with E-state index in [1.165, 1.54) is 0 Å². The van der Waals surface area contributed by atoms with E-state index in [0.717, 1.165) is 27.6 Å². The molecular formula is C19H34N4O2+2. The molecule has 6 heteroatoms. The molecular weight excluding hydrogens is 316 g/mol. The third-order valence-electron chi connectivity index (χ3n) is 3.45. The Labute approximate surface area is 152 Å². The van der Waals surface area contributed by atoms with Gasteiger partial charge in [0.05, 0.1) is 42.3 Å². The van der Waals surface area contributed by atoms with Crippen LogP contribution in [-0.4, -0.2) is 89.0 Å². The molecule has 0 atom stereocenters. The fourth-order valence-electron chi connectivity index (χ4n) is 1.85. The highest BCUT2D eigenvalue weighted by Gasteiger charge is 2.12. The summed E-state index contributed by atoms with van der Waals surface area (Å²) in [6, 6.07) is 9.91. The Kier molecular flexibility index (Phi) is 8.06. The lowest BCUT2D eigenvalue weighted by Gasteiger charge is -2.23. The van der Waals surface area contributed by atoms with Crippen molar-refractivity contribution in [3.05, 3.63) is 35.9 Å². The number of nitrogens with zero attached hydrogens (tertiary/aromatic N) is 4. The summed E-state index contributed by atoms with van der Waals surface area (Å²) in [4.78, 5) is 11.0. The highest BCUT2D eigenvalue weighted by molar-refractivity contribution is 6.47. The van der Waals surface area contributed by atoms with Gasteiger partial charge >= 0.3 is 0 Å². The van der Waals surface area contributed by atoms with Crippen molar-refractivity contribution in [2.45, 2.75) is 6.92 Å². The van der Waals surface area contributed by atoms with Gasteiger partial charge in [-0.3, -0.25) is 0 Å². The van der Waals surface area contributed by atoms with Crippen molar-refractivity contribution in [3.8, 4) is 0 Å². The molecule has 1 aromatic carbocycles. The highest BCUT2D eigenvalue weighted by atomic mass is 16.6. The molecule has 0 aliphatic rings. The van der Waals surface area contributed by atoms with Crippen LogP contribution in [-0.2, 0) is 9.68 Å². The molecule has 0 radical (unpaired) electrons. The van der Waals surface area contributed by atoms with Crippen molar-refractivity contribution in [1.29, 1.82) is 0 Å². The number of hydrogen-bond donors (Lipinski definition) is 0. The van der Waals surface area contributed by atoms with Crippen molar-refractivity contribution in [3.63, 3.8) is 0 Å². The van der Waals surface area contributed by atoms with Crippen molar-refractivity contribution < 1.29 is 18.6 Å². The van der Waals surface area contributed by atoms with Crippen LogP contribution in [0.25, 0.3) is 0 Å². The van der Waals surface area contributed by atoms with E-state index in [4.69, 9.17) is 9.68 Å². The van der Waals surface area contributed by atoms with Crippen molar-refractivity contribution in [1.82, 2.24) is 0 Å². The first-order chi connectivity index (χ1) is 11.6. The second-order valence-electron chi connectivity index (χ2n) is 8.18. The van der Waals surface area contributed by atoms with E-state index in [0.29, 0.717) is 24.6 Å². The molecule has 140 valence electrons. The SMILES string of the molecule is CC(=N\OCC[N+](C)(C)C)/C(=N\OCC[N+](C)(C)C)c1ccccc1. The zero-order valence-electron chi connectivity index (χ0n) is 16.8. The van der Waals surface area contributed by atoms with Crippen LogP contribution in [0.4, 0.5) is 0 Å². The molecule has 1 rings (SSSR count). The predicted molar refractivity (Wildman–Crippen MR) is 104 cm³/mol. The Morgan fingerprint density at radius 1 is 0.800 bits per heavy atom. The number of likely N-dealkylation sites (N-methyl/N-ethyl adjacent to an activating group) is 2. The second kappa shape index (κ2) is 9.53. The fourth-order valence-corrected chi connectivity index (χ4v) is 1.85. The second-order valence-corrected chi connectivity index (χ2v) is 8.18. The van der Waals surface area contributed by atoms with Gasteiger partial charge in [-0.25, -0.2) is 0 Å². The average molecular weight is 351 g/mol. The van der Waals surface area contributed by atoms with Crippen molar-refractivity contribution in [2.75, 3.05) is 68.6 Å². The topological polar surface area (TPSA) is 43.2 Å². The monoisotopic (exact) mass is 350 g/mol. The third kappa shape index (κ3) is 9.84. The Hall–Kier alpha value is -1.92. The summed E-state index contributed by atoms with van der Waals surface area (Å²) in [6.45, 7) is 4.76. The summed E-state index contributed by atoms with van der Waals surface area (Å²) in [5, 5.41) is 8.54. The van der Waals surface area contributed by atoms with Crippen molar-refractivity contribution >= 4 is 11.4 Å². The first kappa shape index (κ1) is 21.1. The van der Waals surface area contributed by atoms with E-state index in [1.807, 2.05) is 37.3 Å². The molecule has 0 N–H and O–H groups in total. The van der Waals surface area contributed by atoms with Crippen molar-refractivity contribution in [2.24, 2.45) is 10.3 Å². The van der Waals surface area contributed by atoms with Crippen LogP contribution in [0.1, 0.15) is 12.5 Å². The molecule has 0 unspecified atom stereocenters. The van der Waals surface area contributed by atoms with Crippen LogP contribution in [0, 0.1) is 0 Å². The van der Waals surface area contributed by atoms with Gasteiger partial charge < -0.3 is 18.6 Å². The molecule has 0 fully saturated rings. The normalized spacial score (nSPS) is 13.7. The van der Waals surface area contributed by atoms with E-state index < -0.39 is 0 Å². The maximum Gasteiger partial charge on any atom is 0.165 e. The molecule has 0 saturated carbocycles. The Bertz CT molecular complexity index is 569. The van der Waals surface area contributed by atoms with E-state index >= 15 is 0 Å². The number of hydrogen-bond acceptors (Lipinski definition) is 4. The third-order valence-corrected chi connectivity index (χ3v) is 3.45. The molecule has 0 spiro atoms. The first-order valence-corrected chi connectivity index (χ1v) is 8.62. The first-order valence-electron chi connectivity index (χ1n) is 8.62. The van der Waals surface area contributed by atoms with Crippen LogP contribution in [0.15, 0.2) is 40.6 Å². The van der Waals surface area contributed by atoms with Gasteiger partial charge in [0.1, 0.15) is 24.5 Å². The average Bonchev–Trinajstić information content (AvgIpc) is 2.50. The highest BCUT2D eigenvalue weighted by Crippen LogP contribution is 2.05. The van der Waals surface area contributed by atoms with Gasteiger partial charge in [-0.1, -0.05) is 40.6 Å². The van der Waals surface area contributed by atoms with Gasteiger partial charge in [-0.15, -0.1) is 0 Å². The van der Waals surface area contributed by atoms with Gasteiger partial charge in [0, 0.05) is 5.56 Å². The summed E-state index contributed by atoms with van der Waals surface area (Å²) in [7, 11) is 12.7. The molecule has 6 nitrogen and oxygen atoms in total. The lowest BCUT2D eigenvalue weighted by atomic mass is 10.1. The molecule has 0 bridgehead atoms. The maximum absolute atomic E-state index is 5.54. The molecule has 0 aliphatic carbocycles. The van der Waals surface area contributed by atoms with Crippen LogP contribution in [0.3, 0.4) is 0 Å². The maximum atomic E-state index is 5.54. The lowest BCUT2D eigenvalue weighted by molar-refractivity contribution is -0.870. The standard InChI is InChI=1S/C19H34N4O2/c1-17(20-24-15-13-22(2,3)4)19(18-11-9-8-10-12-18)21-25-16-14-23(5,6)7/h8-12H,13-16H2,1-7H3/q+2/b20-17+,21-19+. The number of oxime groups is 2. The summed E-state index contributed by atoms with van der Waals surface area (Å²) >= 11 is 0. The molecule has 1 aromatic rings. The van der Waals surface area contributed by atoms with E-state index in [-0.39, 0.29) is 0 Å². The minimum Gasteiger partial charge on any atom is -0.389 e. The van der Waals surface area contributed by atoms with Crippen LogP contribution in [0.5, 0.6) is 0 Å². The van der Waals surface area contributed by atoms with Gasteiger partial charge in [-0.05, 0) is 6.92 Å². The van der Waals surface area contributed by atoms with Gasteiger partial charge in [0.2, 0.25) is 0 Å². The van der Waals surface area contributed by atoms with Gasteiger partial charge in [-0.2, -0.15) is 0 Å². The molecule has 0 aromatic heterocycles. The molecule has 25 heavy (non-hydrogen) atoms. The van der Waals surface area contributed by atoms with Gasteiger partial charge in [0.15, 0.2) is 13.2 Å².